The van der Waals surface area contributed by atoms with Crippen molar-refractivity contribution in [1.29, 1.82) is 0 Å². The average Bonchev–Trinajstić information content (AvgIpc) is 2.32. The van der Waals surface area contributed by atoms with E-state index in [0.29, 0.717) is 5.56 Å². The first-order chi connectivity index (χ1) is 8.11. The van der Waals surface area contributed by atoms with Gasteiger partial charge in [-0.2, -0.15) is 0 Å². The number of rotatable bonds is 2. The third kappa shape index (κ3) is 8.37. The Morgan fingerprint density at radius 3 is 1.82 bits per heavy atom. The molecule has 0 aliphatic heterocycles. The van der Waals surface area contributed by atoms with Gasteiger partial charge in [0.2, 0.25) is 5.91 Å². The number of hydrogen-bond donors (Lipinski definition) is 1. The van der Waals surface area contributed by atoms with Gasteiger partial charge in [-0.3, -0.25) is 4.79 Å². The third-order valence-corrected chi connectivity index (χ3v) is 1.57. The molecule has 1 amide bonds. The molecule has 0 radical (unpaired) electrons. The molecule has 0 aliphatic carbocycles. The minimum Gasteiger partial charge on any atom is -0.359 e. The van der Waals surface area contributed by atoms with Crippen molar-refractivity contribution in [1.82, 2.24) is 5.32 Å². The van der Waals surface area contributed by atoms with E-state index in [2.05, 4.69) is 5.32 Å². The Balaban J connectivity index is 0. The van der Waals surface area contributed by atoms with Gasteiger partial charge in [-0.05, 0) is 17.7 Å². The molecule has 1 N–H and O–H groups in total. The zero-order valence-electron chi connectivity index (χ0n) is 11.1. The summed E-state index contributed by atoms with van der Waals surface area (Å²) in [5, 5.41) is 2.37. The second kappa shape index (κ2) is 11.0. The number of likely N-dealkylation sites (N-methyl/N-ethyl adjacent to an activating group) is 1. The van der Waals surface area contributed by atoms with Crippen LogP contribution in [0.1, 0.15) is 33.3 Å². The summed E-state index contributed by atoms with van der Waals surface area (Å²) in [6.45, 7) is 8.00. The zero-order chi connectivity index (χ0) is 13.8. The number of benzene rings is 1. The summed E-state index contributed by atoms with van der Waals surface area (Å²) in [5.74, 6) is -1.61. The maximum absolute atomic E-state index is 12.6. The van der Waals surface area contributed by atoms with Crippen molar-refractivity contribution in [2.45, 2.75) is 34.1 Å². The van der Waals surface area contributed by atoms with E-state index in [1.807, 2.05) is 27.7 Å². The van der Waals surface area contributed by atoms with E-state index >= 15 is 0 Å². The maximum atomic E-state index is 12.6. The van der Waals surface area contributed by atoms with Crippen LogP contribution in [0.3, 0.4) is 0 Å². The van der Waals surface area contributed by atoms with Crippen molar-refractivity contribution in [2.24, 2.45) is 0 Å². The van der Waals surface area contributed by atoms with Crippen LogP contribution in [0, 0.1) is 11.6 Å². The molecule has 2 nitrogen and oxygen atoms in total. The van der Waals surface area contributed by atoms with Crippen LogP contribution in [-0.4, -0.2) is 13.0 Å². The van der Waals surface area contributed by atoms with Crippen LogP contribution < -0.4 is 5.32 Å². The molecule has 0 aromatic heterocycles. The first-order valence-corrected chi connectivity index (χ1v) is 5.77. The Hall–Kier alpha value is -1.45. The summed E-state index contributed by atoms with van der Waals surface area (Å²) in [6.07, 6.45) is -0.00875. The molecule has 17 heavy (non-hydrogen) atoms. The Bertz CT molecular complexity index is 307. The van der Waals surface area contributed by atoms with E-state index < -0.39 is 11.6 Å². The van der Waals surface area contributed by atoms with Gasteiger partial charge in [0.1, 0.15) is 11.6 Å². The Morgan fingerprint density at radius 1 is 1.06 bits per heavy atom. The lowest BCUT2D eigenvalue weighted by atomic mass is 10.1. The average molecular weight is 245 g/mol. The molecule has 0 saturated carbocycles. The van der Waals surface area contributed by atoms with Crippen molar-refractivity contribution < 1.29 is 13.6 Å². The number of carbonyl (C=O) groups excluding carboxylic acids is 1. The molecule has 0 unspecified atom stereocenters. The van der Waals surface area contributed by atoms with Gasteiger partial charge in [-0.25, -0.2) is 8.78 Å². The number of hydrogen-bond acceptors (Lipinski definition) is 1. The van der Waals surface area contributed by atoms with Gasteiger partial charge in [0.05, 0.1) is 6.42 Å². The molecule has 1 rings (SSSR count). The van der Waals surface area contributed by atoms with Crippen LogP contribution in [0.5, 0.6) is 0 Å². The van der Waals surface area contributed by atoms with E-state index in [-0.39, 0.29) is 12.3 Å². The molecule has 4 heteroatoms. The summed E-state index contributed by atoms with van der Waals surface area (Å²) >= 11 is 0. The fraction of sp³-hybridized carbons (Fsp3) is 0.462. The first-order valence-electron chi connectivity index (χ1n) is 5.77. The molecule has 1 aromatic carbocycles. The standard InChI is InChI=1S/C9H9F2NO.2C2H6/c1-12-9(13)4-6-2-7(10)5-8(11)3-6;2*1-2/h2-3,5H,4H2,1H3,(H,12,13);2*1-2H3. The Kier molecular flexibility index (Phi) is 11.7. The zero-order valence-corrected chi connectivity index (χ0v) is 11.1. The lowest BCUT2D eigenvalue weighted by molar-refractivity contribution is -0.119. The highest BCUT2D eigenvalue weighted by atomic mass is 19.1. The highest BCUT2D eigenvalue weighted by Crippen LogP contribution is 2.08. The molecular formula is C13H21F2NO. The maximum Gasteiger partial charge on any atom is 0.224 e. The highest BCUT2D eigenvalue weighted by molar-refractivity contribution is 5.78. The van der Waals surface area contributed by atoms with Crippen molar-refractivity contribution in [3.63, 3.8) is 0 Å². The normalized spacial score (nSPS) is 8.18. The highest BCUT2D eigenvalue weighted by Gasteiger charge is 2.04. The molecule has 0 saturated heterocycles. The molecule has 0 spiro atoms. The van der Waals surface area contributed by atoms with E-state index in [0.717, 1.165) is 18.2 Å². The molecule has 0 fully saturated rings. The van der Waals surface area contributed by atoms with Crippen LogP contribution in [0.25, 0.3) is 0 Å². The fourth-order valence-corrected chi connectivity index (χ4v) is 0.987. The lowest BCUT2D eigenvalue weighted by Crippen LogP contribution is -2.20. The van der Waals surface area contributed by atoms with E-state index in [1.54, 1.807) is 0 Å². The number of halogens is 2. The van der Waals surface area contributed by atoms with E-state index in [4.69, 9.17) is 0 Å². The molecule has 1 aromatic rings. The van der Waals surface area contributed by atoms with Crippen LogP contribution >= 0.6 is 0 Å². The van der Waals surface area contributed by atoms with E-state index in [1.165, 1.54) is 7.05 Å². The molecule has 0 heterocycles. The summed E-state index contributed by atoms with van der Waals surface area (Å²) in [5.41, 5.74) is 0.330. The van der Waals surface area contributed by atoms with Crippen molar-refractivity contribution in [3.8, 4) is 0 Å². The minimum absolute atomic E-state index is 0.00875. The number of amides is 1. The Labute approximate surface area is 102 Å². The number of carbonyl (C=O) groups is 1. The monoisotopic (exact) mass is 245 g/mol. The summed E-state index contributed by atoms with van der Waals surface area (Å²) < 4.78 is 25.2. The van der Waals surface area contributed by atoms with E-state index in [9.17, 15) is 13.6 Å². The van der Waals surface area contributed by atoms with Crippen molar-refractivity contribution >= 4 is 5.91 Å². The largest absolute Gasteiger partial charge is 0.359 e. The Morgan fingerprint density at radius 2 is 1.47 bits per heavy atom. The van der Waals surface area contributed by atoms with Crippen LogP contribution in [0.4, 0.5) is 8.78 Å². The van der Waals surface area contributed by atoms with Crippen molar-refractivity contribution in [3.05, 3.63) is 35.4 Å². The van der Waals surface area contributed by atoms with Crippen LogP contribution in [0.15, 0.2) is 18.2 Å². The van der Waals surface area contributed by atoms with Crippen LogP contribution in [-0.2, 0) is 11.2 Å². The third-order valence-electron chi connectivity index (χ3n) is 1.57. The summed E-state index contributed by atoms with van der Waals surface area (Å²) in [7, 11) is 1.47. The van der Waals surface area contributed by atoms with Gasteiger partial charge in [0.15, 0.2) is 0 Å². The molecule has 0 atom stereocenters. The topological polar surface area (TPSA) is 29.1 Å². The van der Waals surface area contributed by atoms with Gasteiger partial charge in [-0.1, -0.05) is 27.7 Å². The molecule has 98 valence electrons. The first kappa shape index (κ1) is 17.9. The lowest BCUT2D eigenvalue weighted by Gasteiger charge is -2.00. The minimum atomic E-state index is -0.668. The smallest absolute Gasteiger partial charge is 0.224 e. The molecular weight excluding hydrogens is 224 g/mol. The van der Waals surface area contributed by atoms with Gasteiger partial charge in [-0.15, -0.1) is 0 Å². The fourth-order valence-electron chi connectivity index (χ4n) is 0.987. The van der Waals surface area contributed by atoms with Gasteiger partial charge in [0, 0.05) is 13.1 Å². The van der Waals surface area contributed by atoms with Crippen LogP contribution in [0.2, 0.25) is 0 Å². The second-order valence-electron chi connectivity index (χ2n) is 2.63. The van der Waals surface area contributed by atoms with Gasteiger partial charge >= 0.3 is 0 Å². The number of nitrogens with one attached hydrogen (secondary N) is 1. The predicted molar refractivity (Wildman–Crippen MR) is 66.8 cm³/mol. The van der Waals surface area contributed by atoms with Gasteiger partial charge < -0.3 is 5.32 Å². The summed E-state index contributed by atoms with van der Waals surface area (Å²) in [4.78, 5) is 10.8. The van der Waals surface area contributed by atoms with Gasteiger partial charge in [0.25, 0.3) is 0 Å². The quantitative estimate of drug-likeness (QED) is 0.851. The molecule has 0 aliphatic rings. The summed E-state index contributed by atoms with van der Waals surface area (Å²) in [6, 6.07) is 3.05. The van der Waals surface area contributed by atoms with Crippen molar-refractivity contribution in [2.75, 3.05) is 7.05 Å². The SMILES string of the molecule is CC.CC.CNC(=O)Cc1cc(F)cc(F)c1. The second-order valence-corrected chi connectivity index (χ2v) is 2.63. The molecule has 0 bridgehead atoms. The predicted octanol–water partition coefficient (Wildman–Crippen LogP) is 3.31.